The van der Waals surface area contributed by atoms with Crippen molar-refractivity contribution in [2.75, 3.05) is 5.32 Å². The molecule has 1 amide bonds. The van der Waals surface area contributed by atoms with Gasteiger partial charge in [-0.1, -0.05) is 36.8 Å². The first-order valence-corrected chi connectivity index (χ1v) is 10.7. The van der Waals surface area contributed by atoms with E-state index in [9.17, 15) is 4.79 Å². The number of aryl methyl sites for hydroxylation is 1. The number of fused-ring (bicyclic) bond motifs is 2. The average Bonchev–Trinajstić information content (AvgIpc) is 3.26. The second kappa shape index (κ2) is 7.43. The first-order valence-electron chi connectivity index (χ1n) is 9.86. The van der Waals surface area contributed by atoms with Crippen molar-refractivity contribution in [1.29, 1.82) is 0 Å². The first-order chi connectivity index (χ1) is 13.8. The Bertz CT molecular complexity index is 1000. The summed E-state index contributed by atoms with van der Waals surface area (Å²) in [6.07, 6.45) is 5.34. The Morgan fingerprint density at radius 2 is 2.00 bits per heavy atom. The zero-order chi connectivity index (χ0) is 18.9. The number of anilines is 1. The van der Waals surface area contributed by atoms with E-state index in [1.807, 2.05) is 36.4 Å². The Kier molecular flexibility index (Phi) is 4.64. The summed E-state index contributed by atoms with van der Waals surface area (Å²) in [7, 11) is 0. The summed E-state index contributed by atoms with van der Waals surface area (Å²) in [6, 6.07) is 16.2. The molecule has 142 valence electrons. The minimum Gasteiger partial charge on any atom is -0.325 e. The molecule has 5 nitrogen and oxygen atoms in total. The summed E-state index contributed by atoms with van der Waals surface area (Å²) in [4.78, 5) is 14.0. The molecule has 2 aliphatic heterocycles. The third-order valence-electron chi connectivity index (χ3n) is 5.44. The van der Waals surface area contributed by atoms with E-state index in [4.69, 9.17) is 0 Å². The molecule has 2 aliphatic rings. The van der Waals surface area contributed by atoms with Crippen LogP contribution in [-0.2, 0) is 24.2 Å². The van der Waals surface area contributed by atoms with Crippen LogP contribution in [0.25, 0.3) is 11.4 Å². The van der Waals surface area contributed by atoms with Gasteiger partial charge >= 0.3 is 0 Å². The van der Waals surface area contributed by atoms with Gasteiger partial charge in [-0.05, 0) is 43.0 Å². The Hall–Kier alpha value is -2.60. The summed E-state index contributed by atoms with van der Waals surface area (Å²) in [5, 5.41) is 11.8. The molecule has 0 bridgehead atoms. The van der Waals surface area contributed by atoms with Crippen molar-refractivity contribution in [3.8, 4) is 11.4 Å². The van der Waals surface area contributed by atoms with E-state index in [0.29, 0.717) is 0 Å². The SMILES string of the molecule is O=C(Nc1cccc(-c2nnc3n2CCCCC3)c1)C1Cc2ccccc2S1. The fourth-order valence-electron chi connectivity index (χ4n) is 3.99. The number of rotatable bonds is 3. The van der Waals surface area contributed by atoms with E-state index in [1.165, 1.54) is 23.3 Å². The van der Waals surface area contributed by atoms with Crippen LogP contribution in [0.4, 0.5) is 5.69 Å². The van der Waals surface area contributed by atoms with Gasteiger partial charge in [0.2, 0.25) is 5.91 Å². The molecule has 0 spiro atoms. The maximum absolute atomic E-state index is 12.8. The number of hydrogen-bond donors (Lipinski definition) is 1. The molecule has 2 aromatic carbocycles. The van der Waals surface area contributed by atoms with Gasteiger partial charge in [-0.3, -0.25) is 4.79 Å². The molecular formula is C22H22N4OS. The second-order valence-corrected chi connectivity index (χ2v) is 8.64. The molecule has 0 aliphatic carbocycles. The highest BCUT2D eigenvalue weighted by Gasteiger charge is 2.28. The largest absolute Gasteiger partial charge is 0.325 e. The number of aromatic nitrogens is 3. The van der Waals surface area contributed by atoms with Crippen molar-refractivity contribution in [1.82, 2.24) is 14.8 Å². The molecular weight excluding hydrogens is 368 g/mol. The van der Waals surface area contributed by atoms with Crippen molar-refractivity contribution in [3.63, 3.8) is 0 Å². The second-order valence-electron chi connectivity index (χ2n) is 7.39. The topological polar surface area (TPSA) is 59.8 Å². The molecule has 0 saturated carbocycles. The summed E-state index contributed by atoms with van der Waals surface area (Å²) >= 11 is 1.65. The number of carbonyl (C=O) groups excluding carboxylic acids is 1. The summed E-state index contributed by atoms with van der Waals surface area (Å²) in [5.41, 5.74) is 3.07. The Morgan fingerprint density at radius 1 is 1.07 bits per heavy atom. The predicted octanol–water partition coefficient (Wildman–Crippen LogP) is 4.33. The van der Waals surface area contributed by atoms with Crippen molar-refractivity contribution in [2.24, 2.45) is 0 Å². The lowest BCUT2D eigenvalue weighted by atomic mass is 10.1. The Morgan fingerprint density at radius 3 is 2.93 bits per heavy atom. The summed E-state index contributed by atoms with van der Waals surface area (Å²) in [5.74, 6) is 2.02. The van der Waals surface area contributed by atoms with E-state index < -0.39 is 0 Å². The van der Waals surface area contributed by atoms with Crippen molar-refractivity contribution < 1.29 is 4.79 Å². The minimum absolute atomic E-state index is 0.0541. The summed E-state index contributed by atoms with van der Waals surface area (Å²) in [6.45, 7) is 0.964. The number of nitrogens with one attached hydrogen (secondary N) is 1. The van der Waals surface area contributed by atoms with Crippen LogP contribution in [-0.4, -0.2) is 25.9 Å². The predicted molar refractivity (Wildman–Crippen MR) is 111 cm³/mol. The Balaban J connectivity index is 1.34. The first kappa shape index (κ1) is 17.5. The summed E-state index contributed by atoms with van der Waals surface area (Å²) < 4.78 is 2.23. The van der Waals surface area contributed by atoms with Gasteiger partial charge in [0.05, 0.1) is 5.25 Å². The number of thioether (sulfide) groups is 1. The number of amides is 1. The van der Waals surface area contributed by atoms with Crippen LogP contribution in [0.3, 0.4) is 0 Å². The lowest BCUT2D eigenvalue weighted by Crippen LogP contribution is -2.24. The molecule has 0 saturated heterocycles. The minimum atomic E-state index is -0.0783. The Labute approximate surface area is 168 Å². The molecule has 0 radical (unpaired) electrons. The maximum atomic E-state index is 12.8. The molecule has 1 atom stereocenters. The van der Waals surface area contributed by atoms with Gasteiger partial charge in [0.15, 0.2) is 5.82 Å². The van der Waals surface area contributed by atoms with E-state index >= 15 is 0 Å². The van der Waals surface area contributed by atoms with E-state index in [-0.39, 0.29) is 11.2 Å². The lowest BCUT2D eigenvalue weighted by Gasteiger charge is -2.12. The van der Waals surface area contributed by atoms with Crippen molar-refractivity contribution >= 4 is 23.4 Å². The highest BCUT2D eigenvalue weighted by atomic mass is 32.2. The van der Waals surface area contributed by atoms with Gasteiger partial charge in [-0.25, -0.2) is 0 Å². The highest BCUT2D eigenvalue weighted by Crippen LogP contribution is 2.37. The quantitative estimate of drug-likeness (QED) is 0.723. The molecule has 1 N–H and O–H groups in total. The third-order valence-corrected chi connectivity index (χ3v) is 6.75. The van der Waals surface area contributed by atoms with E-state index in [0.717, 1.165) is 48.7 Å². The molecule has 6 heteroatoms. The maximum Gasteiger partial charge on any atom is 0.238 e. The van der Waals surface area contributed by atoms with Gasteiger partial charge in [0.1, 0.15) is 5.82 Å². The molecule has 1 aromatic heterocycles. The molecule has 28 heavy (non-hydrogen) atoms. The number of nitrogens with zero attached hydrogens (tertiary/aromatic N) is 3. The zero-order valence-electron chi connectivity index (χ0n) is 15.6. The number of carbonyl (C=O) groups is 1. The smallest absolute Gasteiger partial charge is 0.238 e. The van der Waals surface area contributed by atoms with Crippen LogP contribution in [0.5, 0.6) is 0 Å². The van der Waals surface area contributed by atoms with Crippen LogP contribution in [0.1, 0.15) is 30.7 Å². The van der Waals surface area contributed by atoms with Gasteiger partial charge in [-0.15, -0.1) is 22.0 Å². The molecule has 0 fully saturated rings. The average molecular weight is 391 g/mol. The fraction of sp³-hybridized carbons (Fsp3) is 0.318. The van der Waals surface area contributed by atoms with E-state index in [1.54, 1.807) is 11.8 Å². The fourth-order valence-corrected chi connectivity index (χ4v) is 5.18. The highest BCUT2D eigenvalue weighted by molar-refractivity contribution is 8.01. The van der Waals surface area contributed by atoms with Crippen LogP contribution in [0, 0.1) is 0 Å². The van der Waals surface area contributed by atoms with Crippen LogP contribution < -0.4 is 5.32 Å². The molecule has 5 rings (SSSR count). The molecule has 3 heterocycles. The monoisotopic (exact) mass is 390 g/mol. The van der Waals surface area contributed by atoms with Crippen LogP contribution in [0.2, 0.25) is 0 Å². The van der Waals surface area contributed by atoms with Crippen molar-refractivity contribution in [2.45, 2.75) is 48.8 Å². The van der Waals surface area contributed by atoms with Crippen LogP contribution in [0.15, 0.2) is 53.4 Å². The standard InChI is InChI=1S/C22H22N4OS/c27-22(19-14-15-7-3-4-10-18(15)28-19)23-17-9-6-8-16(13-17)21-25-24-20-11-2-1-5-12-26(20)21/h3-4,6-10,13,19H,1-2,5,11-12,14H2,(H,23,27). The van der Waals surface area contributed by atoms with E-state index in [2.05, 4.69) is 32.2 Å². The van der Waals surface area contributed by atoms with Gasteiger partial charge in [0, 0.05) is 29.1 Å². The molecule has 3 aromatic rings. The number of hydrogen-bond acceptors (Lipinski definition) is 4. The third kappa shape index (κ3) is 3.33. The van der Waals surface area contributed by atoms with Crippen molar-refractivity contribution in [3.05, 3.63) is 59.9 Å². The van der Waals surface area contributed by atoms with Gasteiger partial charge in [0.25, 0.3) is 0 Å². The zero-order valence-corrected chi connectivity index (χ0v) is 16.4. The van der Waals surface area contributed by atoms with Gasteiger partial charge in [-0.2, -0.15) is 0 Å². The van der Waals surface area contributed by atoms with Crippen LogP contribution >= 0.6 is 11.8 Å². The number of benzene rings is 2. The molecule has 1 unspecified atom stereocenters. The van der Waals surface area contributed by atoms with Gasteiger partial charge < -0.3 is 9.88 Å². The lowest BCUT2D eigenvalue weighted by molar-refractivity contribution is -0.115. The normalized spacial score (nSPS) is 18.2.